The lowest BCUT2D eigenvalue weighted by Gasteiger charge is -2.36. The van der Waals surface area contributed by atoms with Crippen LogP contribution >= 0.6 is 0 Å². The van der Waals surface area contributed by atoms with Crippen molar-refractivity contribution in [2.24, 2.45) is 0 Å². The Balaban J connectivity index is 2.10. The van der Waals surface area contributed by atoms with E-state index in [-0.39, 0.29) is 5.69 Å². The number of anilines is 1. The Bertz CT molecular complexity index is 532. The fourth-order valence-corrected chi connectivity index (χ4v) is 2.45. The van der Waals surface area contributed by atoms with E-state index in [0.29, 0.717) is 38.8 Å². The predicted octanol–water partition coefficient (Wildman–Crippen LogP) is 1.38. The van der Waals surface area contributed by atoms with Crippen LogP contribution in [-0.4, -0.2) is 53.8 Å². The number of hydrogen-bond donors (Lipinski definition) is 1. The zero-order valence-corrected chi connectivity index (χ0v) is 11.6. The van der Waals surface area contributed by atoms with Crippen LogP contribution in [0.1, 0.15) is 6.92 Å². The van der Waals surface area contributed by atoms with E-state index in [1.807, 2.05) is 4.90 Å². The highest BCUT2D eigenvalue weighted by atomic mass is 19.1. The number of benzene rings is 1. The molecule has 8 heteroatoms. The zero-order valence-electron chi connectivity index (χ0n) is 11.6. The number of halogens is 2. The number of hydrogen-bond acceptors (Lipinski definition) is 5. The number of nitrogens with zero attached hydrogens (tertiary/aromatic N) is 3. The average molecular weight is 301 g/mol. The molecule has 0 aliphatic carbocycles. The Morgan fingerprint density at radius 2 is 1.90 bits per heavy atom. The molecule has 21 heavy (non-hydrogen) atoms. The van der Waals surface area contributed by atoms with Gasteiger partial charge < -0.3 is 10.0 Å². The second-order valence-electron chi connectivity index (χ2n) is 5.15. The Labute approximate surface area is 120 Å². The fourth-order valence-electron chi connectivity index (χ4n) is 2.45. The third-order valence-corrected chi connectivity index (χ3v) is 3.45. The Kier molecular flexibility index (Phi) is 4.69. The Morgan fingerprint density at radius 1 is 1.29 bits per heavy atom. The number of β-amino-alcohol motifs (C(OH)–C–C–N with tert-alkyl or cyclic N) is 1. The Hall–Kier alpha value is -1.80. The summed E-state index contributed by atoms with van der Waals surface area (Å²) in [6.07, 6.45) is -0.440. The van der Waals surface area contributed by atoms with Gasteiger partial charge in [0.2, 0.25) is 5.82 Å². The average Bonchev–Trinajstić information content (AvgIpc) is 2.41. The van der Waals surface area contributed by atoms with Crippen molar-refractivity contribution in [1.82, 2.24) is 4.90 Å². The van der Waals surface area contributed by atoms with E-state index in [1.165, 1.54) is 0 Å². The van der Waals surface area contributed by atoms with Crippen LogP contribution in [0.25, 0.3) is 0 Å². The van der Waals surface area contributed by atoms with Gasteiger partial charge >= 0.3 is 5.69 Å². The van der Waals surface area contributed by atoms with E-state index in [4.69, 9.17) is 0 Å². The predicted molar refractivity (Wildman–Crippen MR) is 73.3 cm³/mol. The van der Waals surface area contributed by atoms with Crippen molar-refractivity contribution in [1.29, 1.82) is 0 Å². The van der Waals surface area contributed by atoms with Crippen LogP contribution in [0.4, 0.5) is 20.2 Å². The lowest BCUT2D eigenvalue weighted by atomic mass is 10.2. The molecule has 0 bridgehead atoms. The van der Waals surface area contributed by atoms with Crippen molar-refractivity contribution in [3.05, 3.63) is 33.9 Å². The number of rotatable bonds is 4. The molecule has 116 valence electrons. The number of aliphatic hydroxyl groups is 1. The van der Waals surface area contributed by atoms with Gasteiger partial charge in [-0.25, -0.2) is 4.39 Å². The van der Waals surface area contributed by atoms with Gasteiger partial charge in [-0.15, -0.1) is 0 Å². The maximum absolute atomic E-state index is 13.9. The van der Waals surface area contributed by atoms with E-state index in [1.54, 1.807) is 11.8 Å². The molecule has 0 radical (unpaired) electrons. The summed E-state index contributed by atoms with van der Waals surface area (Å²) in [7, 11) is 0. The van der Waals surface area contributed by atoms with E-state index < -0.39 is 28.3 Å². The molecule has 0 spiro atoms. The highest BCUT2D eigenvalue weighted by molar-refractivity contribution is 5.53. The molecular weight excluding hydrogens is 284 g/mol. The smallest absolute Gasteiger partial charge is 0.307 e. The first-order valence-electron chi connectivity index (χ1n) is 6.67. The van der Waals surface area contributed by atoms with Crippen LogP contribution in [0, 0.1) is 21.7 Å². The molecule has 0 aromatic heterocycles. The summed E-state index contributed by atoms with van der Waals surface area (Å²) in [5.41, 5.74) is -0.821. The van der Waals surface area contributed by atoms with Crippen LogP contribution < -0.4 is 4.90 Å². The maximum Gasteiger partial charge on any atom is 0.307 e. The SMILES string of the molecule is CC(O)CN1CCN(c2cc(F)c([N+](=O)[O-])cc2F)CC1. The largest absolute Gasteiger partial charge is 0.392 e. The third kappa shape index (κ3) is 3.64. The van der Waals surface area contributed by atoms with E-state index in [2.05, 4.69) is 0 Å². The van der Waals surface area contributed by atoms with Crippen LogP contribution in [-0.2, 0) is 0 Å². The fraction of sp³-hybridized carbons (Fsp3) is 0.538. The molecule has 0 saturated carbocycles. The summed E-state index contributed by atoms with van der Waals surface area (Å²) in [4.78, 5) is 13.3. The van der Waals surface area contributed by atoms with E-state index >= 15 is 0 Å². The van der Waals surface area contributed by atoms with Gasteiger partial charge in [0.15, 0.2) is 5.82 Å². The normalized spacial score (nSPS) is 17.8. The quantitative estimate of drug-likeness (QED) is 0.672. The number of piperazine rings is 1. The summed E-state index contributed by atoms with van der Waals surface area (Å²) in [6, 6.07) is 1.49. The van der Waals surface area contributed by atoms with Gasteiger partial charge in [0.05, 0.1) is 22.8 Å². The van der Waals surface area contributed by atoms with Gasteiger partial charge in [0.25, 0.3) is 0 Å². The minimum atomic E-state index is -1.04. The number of aliphatic hydroxyl groups excluding tert-OH is 1. The minimum Gasteiger partial charge on any atom is -0.392 e. The molecule has 1 fully saturated rings. The van der Waals surface area contributed by atoms with Crippen molar-refractivity contribution in [2.75, 3.05) is 37.6 Å². The summed E-state index contributed by atoms with van der Waals surface area (Å²) < 4.78 is 27.5. The highest BCUT2D eigenvalue weighted by Gasteiger charge is 2.24. The van der Waals surface area contributed by atoms with Crippen LogP contribution in [0.2, 0.25) is 0 Å². The molecule has 1 aromatic carbocycles. The molecule has 1 atom stereocenters. The topological polar surface area (TPSA) is 69.8 Å². The standard InChI is InChI=1S/C13H17F2N3O3/c1-9(19)8-16-2-4-17(5-3-16)12-6-11(15)13(18(20)21)7-10(12)14/h6-7,9,19H,2-5,8H2,1H3. The van der Waals surface area contributed by atoms with E-state index in [9.17, 15) is 24.0 Å². The molecule has 2 rings (SSSR count). The molecule has 1 aliphatic rings. The molecule has 0 amide bonds. The van der Waals surface area contributed by atoms with Gasteiger partial charge in [-0.1, -0.05) is 0 Å². The first-order valence-corrected chi connectivity index (χ1v) is 6.67. The van der Waals surface area contributed by atoms with Crippen molar-refractivity contribution < 1.29 is 18.8 Å². The zero-order chi connectivity index (χ0) is 15.6. The second-order valence-corrected chi connectivity index (χ2v) is 5.15. The second kappa shape index (κ2) is 6.31. The summed E-state index contributed by atoms with van der Waals surface area (Å²) in [5, 5.41) is 19.9. The van der Waals surface area contributed by atoms with Crippen LogP contribution in [0.15, 0.2) is 12.1 Å². The Morgan fingerprint density at radius 3 is 2.43 bits per heavy atom. The summed E-state index contributed by atoms with van der Waals surface area (Å²) >= 11 is 0. The minimum absolute atomic E-state index is 0.0368. The third-order valence-electron chi connectivity index (χ3n) is 3.45. The van der Waals surface area contributed by atoms with Gasteiger partial charge in [-0.05, 0) is 6.92 Å². The molecule has 6 nitrogen and oxygen atoms in total. The maximum atomic E-state index is 13.9. The highest BCUT2D eigenvalue weighted by Crippen LogP contribution is 2.28. The van der Waals surface area contributed by atoms with E-state index in [0.717, 1.165) is 6.07 Å². The molecule has 1 aliphatic heterocycles. The van der Waals surface area contributed by atoms with Crippen molar-refractivity contribution in [3.8, 4) is 0 Å². The molecule has 1 saturated heterocycles. The lowest BCUT2D eigenvalue weighted by molar-refractivity contribution is -0.387. The molecule has 1 aromatic rings. The monoisotopic (exact) mass is 301 g/mol. The summed E-state index contributed by atoms with van der Waals surface area (Å²) in [6.45, 7) is 4.40. The lowest BCUT2D eigenvalue weighted by Crippen LogP contribution is -2.48. The first kappa shape index (κ1) is 15.6. The van der Waals surface area contributed by atoms with Crippen molar-refractivity contribution in [2.45, 2.75) is 13.0 Å². The van der Waals surface area contributed by atoms with Gasteiger partial charge in [-0.2, -0.15) is 4.39 Å². The van der Waals surface area contributed by atoms with Gasteiger partial charge in [0, 0.05) is 38.8 Å². The van der Waals surface area contributed by atoms with Crippen molar-refractivity contribution in [3.63, 3.8) is 0 Å². The van der Waals surface area contributed by atoms with Gasteiger partial charge in [-0.3, -0.25) is 15.0 Å². The molecule has 1 heterocycles. The number of nitro groups is 1. The van der Waals surface area contributed by atoms with Crippen LogP contribution in [0.5, 0.6) is 0 Å². The van der Waals surface area contributed by atoms with Gasteiger partial charge in [0.1, 0.15) is 0 Å². The van der Waals surface area contributed by atoms with Crippen molar-refractivity contribution >= 4 is 11.4 Å². The molecular formula is C13H17F2N3O3. The van der Waals surface area contributed by atoms with Crippen LogP contribution in [0.3, 0.4) is 0 Å². The molecule has 1 N–H and O–H groups in total. The number of nitro benzene ring substituents is 1. The first-order chi connectivity index (χ1) is 9.88. The summed E-state index contributed by atoms with van der Waals surface area (Å²) in [5.74, 6) is -1.84. The molecule has 1 unspecified atom stereocenters.